The Morgan fingerprint density at radius 3 is 2.06 bits per heavy atom. The number of rotatable bonds is 3. The number of methoxy groups -OCH3 is 1. The van der Waals surface area contributed by atoms with Gasteiger partial charge in [-0.05, 0) is 59.8 Å². The van der Waals surface area contributed by atoms with Crippen LogP contribution in [0, 0.1) is 58.6 Å². The van der Waals surface area contributed by atoms with Crippen LogP contribution in [0.2, 0.25) is 0 Å². The first-order chi connectivity index (χ1) is 17.3. The molecule has 0 unspecified atom stereocenters. The van der Waals surface area contributed by atoms with Gasteiger partial charge in [0.05, 0.1) is 17.7 Å². The average molecular weight is 494 g/mol. The third kappa shape index (κ3) is 5.38. The molecule has 0 aliphatic heterocycles. The molecular weight excluding hydrogens is 478 g/mol. The van der Waals surface area contributed by atoms with Crippen molar-refractivity contribution in [3.05, 3.63) is 117 Å². The number of ether oxygens (including phenoxy) is 1. The Morgan fingerprint density at radius 1 is 0.639 bits per heavy atom. The van der Waals surface area contributed by atoms with E-state index in [1.165, 1.54) is 30.3 Å². The standard InChI is InChI=1S/C29H16F6O/c1-36-11-10-18-2-6-20(24(30)13-18)7-3-19-14-25(31)23(26(32)15-19)9-5-17-4-8-22-21(12-17)16-27(33)29(35)28(22)34/h2,4,6,8,12-16H,10-11H2,1H3. The van der Waals surface area contributed by atoms with Crippen molar-refractivity contribution in [2.24, 2.45) is 0 Å². The molecule has 0 radical (unpaired) electrons. The van der Waals surface area contributed by atoms with Gasteiger partial charge in [0.1, 0.15) is 17.5 Å². The molecule has 7 heteroatoms. The van der Waals surface area contributed by atoms with Crippen LogP contribution in [0.4, 0.5) is 26.3 Å². The molecule has 4 aromatic carbocycles. The van der Waals surface area contributed by atoms with E-state index >= 15 is 0 Å². The molecule has 0 aromatic heterocycles. The van der Waals surface area contributed by atoms with Gasteiger partial charge in [-0.25, -0.2) is 26.3 Å². The number of halogens is 6. The lowest BCUT2D eigenvalue weighted by molar-refractivity contribution is 0.202. The molecule has 0 aliphatic carbocycles. The normalized spacial score (nSPS) is 10.5. The van der Waals surface area contributed by atoms with E-state index in [9.17, 15) is 26.3 Å². The highest BCUT2D eigenvalue weighted by Gasteiger charge is 2.13. The average Bonchev–Trinajstić information content (AvgIpc) is 2.85. The zero-order valence-corrected chi connectivity index (χ0v) is 18.8. The van der Waals surface area contributed by atoms with E-state index in [2.05, 4.69) is 23.7 Å². The molecule has 1 nitrogen and oxygen atoms in total. The van der Waals surface area contributed by atoms with Crippen LogP contribution in [0.15, 0.2) is 54.6 Å². The van der Waals surface area contributed by atoms with Crippen LogP contribution in [0.3, 0.4) is 0 Å². The molecule has 0 amide bonds. The summed E-state index contributed by atoms with van der Waals surface area (Å²) in [6.07, 6.45) is 0.533. The molecule has 180 valence electrons. The first-order valence-electron chi connectivity index (χ1n) is 10.6. The van der Waals surface area contributed by atoms with Crippen molar-refractivity contribution in [2.75, 3.05) is 13.7 Å². The summed E-state index contributed by atoms with van der Waals surface area (Å²) in [7, 11) is 1.54. The predicted octanol–water partition coefficient (Wildman–Crippen LogP) is 6.66. The summed E-state index contributed by atoms with van der Waals surface area (Å²) < 4.78 is 89.1. The molecule has 0 N–H and O–H groups in total. The fourth-order valence-corrected chi connectivity index (χ4v) is 3.46. The highest BCUT2D eigenvalue weighted by atomic mass is 19.2. The summed E-state index contributed by atoms with van der Waals surface area (Å²) in [4.78, 5) is 0. The van der Waals surface area contributed by atoms with Gasteiger partial charge in [-0.3, -0.25) is 0 Å². The number of fused-ring (bicyclic) bond motifs is 1. The molecule has 0 heterocycles. The second kappa shape index (κ2) is 10.6. The van der Waals surface area contributed by atoms with Gasteiger partial charge in [0.2, 0.25) is 0 Å². The lowest BCUT2D eigenvalue weighted by Gasteiger charge is -2.03. The van der Waals surface area contributed by atoms with Crippen molar-refractivity contribution in [1.29, 1.82) is 0 Å². The van der Waals surface area contributed by atoms with Crippen molar-refractivity contribution >= 4 is 10.8 Å². The third-order valence-electron chi connectivity index (χ3n) is 5.32. The largest absolute Gasteiger partial charge is 0.384 e. The molecule has 0 atom stereocenters. The maximum absolute atomic E-state index is 14.6. The summed E-state index contributed by atoms with van der Waals surface area (Å²) in [5, 5.41) is -0.107. The Bertz CT molecular complexity index is 1580. The summed E-state index contributed by atoms with van der Waals surface area (Å²) in [6.45, 7) is 0.441. The van der Waals surface area contributed by atoms with Crippen LogP contribution >= 0.6 is 0 Å². The minimum absolute atomic E-state index is 0.0166. The van der Waals surface area contributed by atoms with Crippen molar-refractivity contribution in [1.82, 2.24) is 0 Å². The van der Waals surface area contributed by atoms with Crippen LogP contribution in [-0.2, 0) is 11.2 Å². The van der Waals surface area contributed by atoms with Gasteiger partial charge in [0.15, 0.2) is 17.5 Å². The molecule has 0 saturated carbocycles. The van der Waals surface area contributed by atoms with Crippen LogP contribution in [-0.4, -0.2) is 13.7 Å². The Kier molecular flexibility index (Phi) is 7.33. The van der Waals surface area contributed by atoms with Crippen molar-refractivity contribution in [3.8, 4) is 23.7 Å². The number of hydrogen-bond acceptors (Lipinski definition) is 1. The quantitative estimate of drug-likeness (QED) is 0.176. The molecule has 4 rings (SSSR count). The zero-order valence-electron chi connectivity index (χ0n) is 18.8. The Morgan fingerprint density at radius 2 is 1.36 bits per heavy atom. The lowest BCUT2D eigenvalue weighted by Crippen LogP contribution is -1.96. The fraction of sp³-hybridized carbons (Fsp3) is 0.103. The maximum atomic E-state index is 14.6. The van der Waals surface area contributed by atoms with Crippen molar-refractivity contribution in [3.63, 3.8) is 0 Å². The van der Waals surface area contributed by atoms with Crippen molar-refractivity contribution < 1.29 is 31.1 Å². The van der Waals surface area contributed by atoms with Gasteiger partial charge >= 0.3 is 0 Å². The van der Waals surface area contributed by atoms with E-state index in [-0.39, 0.29) is 27.5 Å². The highest BCUT2D eigenvalue weighted by Crippen LogP contribution is 2.24. The van der Waals surface area contributed by atoms with Crippen LogP contribution in [0.5, 0.6) is 0 Å². The highest BCUT2D eigenvalue weighted by molar-refractivity contribution is 5.84. The minimum atomic E-state index is -1.59. The van der Waals surface area contributed by atoms with Crippen molar-refractivity contribution in [2.45, 2.75) is 6.42 Å². The molecule has 0 fully saturated rings. The Labute approximate surface area is 203 Å². The lowest BCUT2D eigenvalue weighted by atomic mass is 10.0. The molecule has 0 spiro atoms. The van der Waals surface area contributed by atoms with Gasteiger partial charge in [-0.15, -0.1) is 0 Å². The fourth-order valence-electron chi connectivity index (χ4n) is 3.46. The summed E-state index contributed by atoms with van der Waals surface area (Å²) in [5.41, 5.74) is 0.460. The third-order valence-corrected chi connectivity index (χ3v) is 5.32. The second-order valence-electron chi connectivity index (χ2n) is 7.79. The van der Waals surface area contributed by atoms with E-state index in [0.717, 1.165) is 23.8 Å². The molecule has 0 aliphatic rings. The molecule has 0 bridgehead atoms. The Balaban J connectivity index is 1.59. The topological polar surface area (TPSA) is 9.23 Å². The summed E-state index contributed by atoms with van der Waals surface area (Å²) in [5.74, 6) is 3.18. The monoisotopic (exact) mass is 494 g/mol. The number of benzene rings is 4. The van der Waals surface area contributed by atoms with Gasteiger partial charge in [0, 0.05) is 23.6 Å². The van der Waals surface area contributed by atoms with Gasteiger partial charge < -0.3 is 4.74 Å². The second-order valence-corrected chi connectivity index (χ2v) is 7.79. The van der Waals surface area contributed by atoms with E-state index in [1.54, 1.807) is 13.2 Å². The number of hydrogen-bond donors (Lipinski definition) is 0. The van der Waals surface area contributed by atoms with E-state index < -0.39 is 40.5 Å². The molecule has 36 heavy (non-hydrogen) atoms. The van der Waals surface area contributed by atoms with E-state index in [0.29, 0.717) is 13.0 Å². The Hall–Kier alpha value is -4.20. The SMILES string of the molecule is COCCc1ccc(C#Cc2cc(F)c(C#Cc3ccc4c(F)c(F)c(F)cc4c3)c(F)c2)c(F)c1. The van der Waals surface area contributed by atoms with Crippen LogP contribution in [0.1, 0.15) is 27.8 Å². The van der Waals surface area contributed by atoms with Gasteiger partial charge in [0.25, 0.3) is 0 Å². The summed E-state index contributed by atoms with van der Waals surface area (Å²) >= 11 is 0. The molecular formula is C29H16F6O. The zero-order chi connectivity index (χ0) is 25.8. The van der Waals surface area contributed by atoms with Crippen LogP contribution < -0.4 is 0 Å². The predicted molar refractivity (Wildman–Crippen MR) is 124 cm³/mol. The first kappa shape index (κ1) is 24.9. The van der Waals surface area contributed by atoms with Gasteiger partial charge in [-0.1, -0.05) is 35.8 Å². The molecule has 0 saturated heterocycles. The van der Waals surface area contributed by atoms with Crippen LogP contribution in [0.25, 0.3) is 10.8 Å². The molecule has 4 aromatic rings. The minimum Gasteiger partial charge on any atom is -0.384 e. The van der Waals surface area contributed by atoms with E-state index in [4.69, 9.17) is 4.74 Å². The summed E-state index contributed by atoms with van der Waals surface area (Å²) in [6, 6.07) is 11.1. The van der Waals surface area contributed by atoms with Gasteiger partial charge in [-0.2, -0.15) is 0 Å². The van der Waals surface area contributed by atoms with E-state index in [1.807, 2.05) is 0 Å². The maximum Gasteiger partial charge on any atom is 0.195 e. The smallest absolute Gasteiger partial charge is 0.195 e. The first-order valence-corrected chi connectivity index (χ1v) is 10.6.